The molecule has 0 unspecified atom stereocenters. The van der Waals surface area contributed by atoms with E-state index in [9.17, 15) is 18.0 Å². The Bertz CT molecular complexity index is 767. The molecule has 0 fully saturated rings. The molecule has 0 N–H and O–H groups in total. The van der Waals surface area contributed by atoms with Crippen LogP contribution in [0.2, 0.25) is 0 Å². The molecule has 0 bridgehead atoms. The van der Waals surface area contributed by atoms with Crippen LogP contribution in [0.3, 0.4) is 0 Å². The highest BCUT2D eigenvalue weighted by Crippen LogP contribution is 2.16. The summed E-state index contributed by atoms with van der Waals surface area (Å²) in [4.78, 5) is 23.8. The minimum atomic E-state index is -3.78. The highest BCUT2D eigenvalue weighted by molar-refractivity contribution is 7.91. The van der Waals surface area contributed by atoms with Gasteiger partial charge in [-0.3, -0.25) is 4.79 Å². The van der Waals surface area contributed by atoms with E-state index >= 15 is 0 Å². The van der Waals surface area contributed by atoms with Crippen molar-refractivity contribution in [3.8, 4) is 0 Å². The first-order valence-corrected chi connectivity index (χ1v) is 11.2. The van der Waals surface area contributed by atoms with Crippen LogP contribution in [0.15, 0.2) is 41.3 Å². The molecule has 1 aromatic carbocycles. The van der Waals surface area contributed by atoms with Crippen LogP contribution in [-0.4, -0.2) is 32.9 Å². The summed E-state index contributed by atoms with van der Waals surface area (Å²) in [6, 6.07) is 6.43. The second kappa shape index (κ2) is 12.3. The summed E-state index contributed by atoms with van der Waals surface area (Å²) >= 11 is 0. The lowest BCUT2D eigenvalue weighted by molar-refractivity contribution is -0.145. The summed E-state index contributed by atoms with van der Waals surface area (Å²) in [5.74, 6) is -2.30. The van der Waals surface area contributed by atoms with Crippen LogP contribution in [0.25, 0.3) is 0 Å². The maximum Gasteiger partial charge on any atom is 0.335 e. The number of benzene rings is 1. The fourth-order valence-electron chi connectivity index (χ4n) is 2.57. The SMILES string of the molecule is C=C(CC(=O)OCCCCCCCC)C(=O)OCS(=O)(=O)c1ccccc1C. The molecule has 0 atom stereocenters. The Hall–Kier alpha value is -2.15. The van der Waals surface area contributed by atoms with Gasteiger partial charge < -0.3 is 9.47 Å². The molecule has 0 aliphatic rings. The molecular formula is C21H30O6S. The first kappa shape index (κ1) is 23.9. The number of esters is 2. The van der Waals surface area contributed by atoms with E-state index in [2.05, 4.69) is 13.5 Å². The van der Waals surface area contributed by atoms with Crippen LogP contribution >= 0.6 is 0 Å². The summed E-state index contributed by atoms with van der Waals surface area (Å²) < 4.78 is 34.4. The summed E-state index contributed by atoms with van der Waals surface area (Å²) in [5.41, 5.74) is 0.434. The number of carbonyl (C=O) groups is 2. The van der Waals surface area contributed by atoms with Crippen molar-refractivity contribution in [3.63, 3.8) is 0 Å². The van der Waals surface area contributed by atoms with Gasteiger partial charge in [0.2, 0.25) is 9.84 Å². The van der Waals surface area contributed by atoms with Crippen molar-refractivity contribution in [2.45, 2.75) is 63.7 Å². The van der Waals surface area contributed by atoms with E-state index in [1.54, 1.807) is 25.1 Å². The quantitative estimate of drug-likeness (QED) is 0.276. The maximum absolute atomic E-state index is 12.3. The third-order valence-electron chi connectivity index (χ3n) is 4.18. The average Bonchev–Trinajstić information content (AvgIpc) is 2.65. The van der Waals surface area contributed by atoms with Gasteiger partial charge in [0.25, 0.3) is 0 Å². The van der Waals surface area contributed by atoms with E-state index in [1.165, 1.54) is 25.3 Å². The molecule has 0 heterocycles. The Morgan fingerprint density at radius 1 is 1.00 bits per heavy atom. The Balaban J connectivity index is 2.34. The molecule has 0 radical (unpaired) electrons. The largest absolute Gasteiger partial charge is 0.465 e. The van der Waals surface area contributed by atoms with E-state index in [-0.39, 0.29) is 16.9 Å². The second-order valence-corrected chi connectivity index (χ2v) is 8.60. The lowest BCUT2D eigenvalue weighted by Crippen LogP contribution is -2.18. The van der Waals surface area contributed by atoms with Gasteiger partial charge in [-0.15, -0.1) is 0 Å². The van der Waals surface area contributed by atoms with E-state index in [1.807, 2.05) is 0 Å². The maximum atomic E-state index is 12.3. The molecular weight excluding hydrogens is 380 g/mol. The molecule has 0 saturated heterocycles. The second-order valence-electron chi connectivity index (χ2n) is 6.70. The van der Waals surface area contributed by atoms with Gasteiger partial charge in [0.05, 0.1) is 17.9 Å². The Kier molecular flexibility index (Phi) is 10.5. The zero-order valence-electron chi connectivity index (χ0n) is 16.7. The van der Waals surface area contributed by atoms with Crippen LogP contribution in [0.5, 0.6) is 0 Å². The zero-order valence-corrected chi connectivity index (χ0v) is 17.6. The first-order chi connectivity index (χ1) is 13.3. The van der Waals surface area contributed by atoms with Gasteiger partial charge in [0.1, 0.15) is 0 Å². The van der Waals surface area contributed by atoms with Gasteiger partial charge in [0, 0.05) is 5.57 Å². The predicted molar refractivity (Wildman–Crippen MR) is 107 cm³/mol. The van der Waals surface area contributed by atoms with Crippen LogP contribution in [-0.2, 0) is 28.9 Å². The highest BCUT2D eigenvalue weighted by Gasteiger charge is 2.21. The number of hydrogen-bond donors (Lipinski definition) is 0. The molecule has 1 rings (SSSR count). The van der Waals surface area contributed by atoms with E-state index in [4.69, 9.17) is 9.47 Å². The molecule has 0 aromatic heterocycles. The topological polar surface area (TPSA) is 86.7 Å². The molecule has 156 valence electrons. The van der Waals surface area contributed by atoms with E-state index in [0.717, 1.165) is 19.3 Å². The van der Waals surface area contributed by atoms with Crippen LogP contribution in [0, 0.1) is 6.92 Å². The Labute approximate surface area is 167 Å². The minimum Gasteiger partial charge on any atom is -0.465 e. The predicted octanol–water partition coefficient (Wildman–Crippen LogP) is 4.12. The fourth-order valence-corrected chi connectivity index (χ4v) is 3.80. The van der Waals surface area contributed by atoms with Gasteiger partial charge in [-0.05, 0) is 25.0 Å². The molecule has 1 aromatic rings. The van der Waals surface area contributed by atoms with Crippen LogP contribution in [0.1, 0.15) is 57.4 Å². The monoisotopic (exact) mass is 410 g/mol. The highest BCUT2D eigenvalue weighted by atomic mass is 32.2. The molecule has 7 heteroatoms. The van der Waals surface area contributed by atoms with Crippen molar-refractivity contribution in [1.29, 1.82) is 0 Å². The molecule has 0 saturated carbocycles. The van der Waals surface area contributed by atoms with Crippen LogP contribution < -0.4 is 0 Å². The van der Waals surface area contributed by atoms with Gasteiger partial charge in [-0.25, -0.2) is 13.2 Å². The van der Waals surface area contributed by atoms with Gasteiger partial charge in [-0.1, -0.05) is 63.8 Å². The lowest BCUT2D eigenvalue weighted by Gasteiger charge is -2.10. The number of aryl methyl sites for hydroxylation is 1. The summed E-state index contributed by atoms with van der Waals surface area (Å²) in [5, 5.41) is 0. The fraction of sp³-hybridized carbons (Fsp3) is 0.524. The Morgan fingerprint density at radius 2 is 1.64 bits per heavy atom. The standard InChI is InChI=1S/C21H30O6S/c1-4-5-6-7-8-11-14-26-20(22)15-18(3)21(23)27-16-28(24,25)19-13-10-9-12-17(19)2/h9-10,12-13H,3-8,11,14-16H2,1-2H3. The minimum absolute atomic E-state index is 0.103. The van der Waals surface area contributed by atoms with Crippen molar-refractivity contribution < 1.29 is 27.5 Å². The van der Waals surface area contributed by atoms with Crippen molar-refractivity contribution in [2.24, 2.45) is 0 Å². The van der Waals surface area contributed by atoms with Gasteiger partial charge in [0.15, 0.2) is 5.94 Å². The number of ether oxygens (including phenoxy) is 2. The molecule has 28 heavy (non-hydrogen) atoms. The van der Waals surface area contributed by atoms with Crippen molar-refractivity contribution in [1.82, 2.24) is 0 Å². The number of unbranched alkanes of at least 4 members (excludes halogenated alkanes) is 5. The third kappa shape index (κ3) is 8.69. The van der Waals surface area contributed by atoms with Crippen molar-refractivity contribution >= 4 is 21.8 Å². The molecule has 6 nitrogen and oxygen atoms in total. The normalized spacial score (nSPS) is 11.1. The zero-order chi connectivity index (χ0) is 21.0. The average molecular weight is 411 g/mol. The molecule has 0 aliphatic carbocycles. The smallest absolute Gasteiger partial charge is 0.335 e. The first-order valence-electron chi connectivity index (χ1n) is 9.57. The summed E-state index contributed by atoms with van der Waals surface area (Å²) in [7, 11) is -3.78. The third-order valence-corrected chi connectivity index (χ3v) is 5.74. The molecule has 0 aliphatic heterocycles. The van der Waals surface area contributed by atoms with Crippen LogP contribution in [0.4, 0.5) is 0 Å². The molecule has 0 spiro atoms. The number of hydrogen-bond acceptors (Lipinski definition) is 6. The van der Waals surface area contributed by atoms with Gasteiger partial charge >= 0.3 is 11.9 Å². The van der Waals surface area contributed by atoms with Crippen molar-refractivity contribution in [2.75, 3.05) is 12.5 Å². The van der Waals surface area contributed by atoms with E-state index in [0.29, 0.717) is 12.2 Å². The molecule has 0 amide bonds. The Morgan fingerprint density at radius 3 is 2.32 bits per heavy atom. The number of rotatable bonds is 13. The lowest BCUT2D eigenvalue weighted by atomic mass is 10.1. The van der Waals surface area contributed by atoms with E-state index < -0.39 is 27.7 Å². The number of sulfone groups is 1. The summed E-state index contributed by atoms with van der Waals surface area (Å²) in [6.45, 7) is 7.60. The van der Waals surface area contributed by atoms with Crippen molar-refractivity contribution in [3.05, 3.63) is 42.0 Å². The van der Waals surface area contributed by atoms with Gasteiger partial charge in [-0.2, -0.15) is 0 Å². The summed E-state index contributed by atoms with van der Waals surface area (Å²) in [6.07, 6.45) is 6.13. The number of carbonyl (C=O) groups excluding carboxylic acids is 2.